The molecule has 0 saturated carbocycles. The number of nitrogens with one attached hydrogen (secondary N) is 1. The maximum atomic E-state index is 12.1. The quantitative estimate of drug-likeness (QED) is 0.863. The van der Waals surface area contributed by atoms with Crippen LogP contribution < -0.4 is 14.8 Å². The minimum atomic E-state index is -0.579. The number of nitrogens with zero attached hydrogens (tertiary/aromatic N) is 1. The van der Waals surface area contributed by atoms with E-state index in [-0.39, 0.29) is 12.5 Å². The smallest absolute Gasteiger partial charge is 0.264 e. The Kier molecular flexibility index (Phi) is 4.57. The van der Waals surface area contributed by atoms with Gasteiger partial charge in [-0.1, -0.05) is 12.1 Å². The van der Waals surface area contributed by atoms with E-state index in [0.29, 0.717) is 18.0 Å². The van der Waals surface area contributed by atoms with Crippen molar-refractivity contribution in [3.05, 3.63) is 24.3 Å². The average Bonchev–Trinajstić information content (AvgIpc) is 2.55. The number of carbonyl (C=O) groups excluding carboxylic acids is 1. The molecule has 0 bridgehead atoms. The molecular weight excluding hydrogens is 272 g/mol. The van der Waals surface area contributed by atoms with E-state index in [1.165, 1.54) is 0 Å². The minimum Gasteiger partial charge on any atom is -0.485 e. The van der Waals surface area contributed by atoms with Crippen molar-refractivity contribution in [2.24, 2.45) is 0 Å². The predicted octanol–water partition coefficient (Wildman–Crippen LogP) is 0.275. The third-order valence-corrected chi connectivity index (χ3v) is 3.63. The Morgan fingerprint density at radius 3 is 2.81 bits per heavy atom. The largest absolute Gasteiger partial charge is 0.485 e. The van der Waals surface area contributed by atoms with Crippen molar-refractivity contribution in [1.29, 1.82) is 0 Å². The molecule has 1 fully saturated rings. The summed E-state index contributed by atoms with van der Waals surface area (Å²) >= 11 is 0. The van der Waals surface area contributed by atoms with Crippen molar-refractivity contribution in [2.45, 2.75) is 6.10 Å². The summed E-state index contributed by atoms with van der Waals surface area (Å²) in [5.41, 5.74) is 0. The zero-order chi connectivity index (χ0) is 14.5. The van der Waals surface area contributed by atoms with Crippen molar-refractivity contribution in [2.75, 3.05) is 46.0 Å². The first-order chi connectivity index (χ1) is 10.3. The SMILES string of the molecule is O=C(NCCN1CCOCC1)[C@@H]1COc2ccccc2O1. The van der Waals surface area contributed by atoms with Crippen molar-refractivity contribution < 1.29 is 19.0 Å². The van der Waals surface area contributed by atoms with Crippen LogP contribution in [0.4, 0.5) is 0 Å². The normalized spacial score (nSPS) is 21.8. The Hall–Kier alpha value is -1.79. The highest BCUT2D eigenvalue weighted by Gasteiger charge is 2.26. The van der Waals surface area contributed by atoms with Gasteiger partial charge in [0, 0.05) is 26.2 Å². The molecule has 6 heteroatoms. The molecule has 1 N–H and O–H groups in total. The number of benzene rings is 1. The predicted molar refractivity (Wildman–Crippen MR) is 76.6 cm³/mol. The first kappa shape index (κ1) is 14.2. The van der Waals surface area contributed by atoms with Gasteiger partial charge >= 0.3 is 0 Å². The maximum Gasteiger partial charge on any atom is 0.264 e. The van der Waals surface area contributed by atoms with Crippen molar-refractivity contribution in [1.82, 2.24) is 10.2 Å². The van der Waals surface area contributed by atoms with Gasteiger partial charge in [0.2, 0.25) is 6.10 Å². The van der Waals surface area contributed by atoms with Gasteiger partial charge in [0.05, 0.1) is 13.2 Å². The molecular formula is C15H20N2O4. The second kappa shape index (κ2) is 6.78. The molecule has 1 atom stereocenters. The van der Waals surface area contributed by atoms with Gasteiger partial charge in [-0.2, -0.15) is 0 Å². The lowest BCUT2D eigenvalue weighted by atomic mass is 10.2. The lowest BCUT2D eigenvalue weighted by Crippen LogP contribution is -2.47. The highest BCUT2D eigenvalue weighted by molar-refractivity contribution is 5.81. The first-order valence-corrected chi connectivity index (χ1v) is 7.29. The molecule has 0 aliphatic carbocycles. The summed E-state index contributed by atoms with van der Waals surface area (Å²) < 4.78 is 16.5. The number of hydrogen-bond acceptors (Lipinski definition) is 5. The van der Waals surface area contributed by atoms with E-state index in [0.717, 1.165) is 32.8 Å². The molecule has 1 aromatic carbocycles. The second-order valence-corrected chi connectivity index (χ2v) is 5.11. The molecule has 0 spiro atoms. The Bertz CT molecular complexity index is 488. The fraction of sp³-hybridized carbons (Fsp3) is 0.533. The fourth-order valence-electron chi connectivity index (χ4n) is 2.42. The summed E-state index contributed by atoms with van der Waals surface area (Å²) in [7, 11) is 0. The molecule has 3 rings (SSSR count). The minimum absolute atomic E-state index is 0.127. The van der Waals surface area contributed by atoms with E-state index in [4.69, 9.17) is 14.2 Å². The van der Waals surface area contributed by atoms with Crippen LogP contribution in [0.2, 0.25) is 0 Å². The lowest BCUT2D eigenvalue weighted by molar-refractivity contribution is -0.130. The Balaban J connectivity index is 1.44. The molecule has 114 valence electrons. The van der Waals surface area contributed by atoms with Crippen molar-refractivity contribution in [3.8, 4) is 11.5 Å². The van der Waals surface area contributed by atoms with Crippen LogP contribution in [0.5, 0.6) is 11.5 Å². The van der Waals surface area contributed by atoms with E-state index in [2.05, 4.69) is 10.2 Å². The average molecular weight is 292 g/mol. The number of rotatable bonds is 4. The Morgan fingerprint density at radius 2 is 2.00 bits per heavy atom. The van der Waals surface area contributed by atoms with Crippen LogP contribution in [0, 0.1) is 0 Å². The van der Waals surface area contributed by atoms with Crippen molar-refractivity contribution >= 4 is 5.91 Å². The summed E-state index contributed by atoms with van der Waals surface area (Å²) in [6, 6.07) is 7.39. The van der Waals surface area contributed by atoms with Gasteiger partial charge in [-0.15, -0.1) is 0 Å². The van der Waals surface area contributed by atoms with Crippen LogP contribution in [0.25, 0.3) is 0 Å². The summed E-state index contributed by atoms with van der Waals surface area (Å²) in [5, 5.41) is 2.90. The first-order valence-electron chi connectivity index (χ1n) is 7.29. The third kappa shape index (κ3) is 3.65. The molecule has 1 amide bonds. The van der Waals surface area contributed by atoms with Crippen LogP contribution in [0.3, 0.4) is 0 Å². The van der Waals surface area contributed by atoms with Crippen LogP contribution >= 0.6 is 0 Å². The van der Waals surface area contributed by atoms with E-state index < -0.39 is 6.10 Å². The van der Waals surface area contributed by atoms with Gasteiger partial charge in [0.15, 0.2) is 11.5 Å². The Morgan fingerprint density at radius 1 is 1.24 bits per heavy atom. The van der Waals surface area contributed by atoms with E-state index >= 15 is 0 Å². The van der Waals surface area contributed by atoms with Gasteiger partial charge in [-0.05, 0) is 12.1 Å². The molecule has 0 aromatic heterocycles. The van der Waals surface area contributed by atoms with Gasteiger partial charge in [0.1, 0.15) is 6.61 Å². The van der Waals surface area contributed by atoms with Crippen LogP contribution in [-0.2, 0) is 9.53 Å². The molecule has 21 heavy (non-hydrogen) atoms. The van der Waals surface area contributed by atoms with E-state index in [1.54, 1.807) is 0 Å². The summed E-state index contributed by atoms with van der Waals surface area (Å²) in [6.07, 6.45) is -0.579. The zero-order valence-electron chi connectivity index (χ0n) is 11.9. The fourth-order valence-corrected chi connectivity index (χ4v) is 2.42. The number of fused-ring (bicyclic) bond motifs is 1. The molecule has 1 saturated heterocycles. The standard InChI is InChI=1S/C15H20N2O4/c18-15(16-5-6-17-7-9-19-10-8-17)14-11-20-12-3-1-2-4-13(12)21-14/h1-4,14H,5-11H2,(H,16,18)/t14-/m0/s1. The topological polar surface area (TPSA) is 60.0 Å². The molecule has 6 nitrogen and oxygen atoms in total. The number of morpholine rings is 1. The summed E-state index contributed by atoms with van der Waals surface area (Å²) in [6.45, 7) is 5.08. The van der Waals surface area contributed by atoms with Crippen molar-refractivity contribution in [3.63, 3.8) is 0 Å². The summed E-state index contributed by atoms with van der Waals surface area (Å²) in [4.78, 5) is 14.4. The molecule has 0 unspecified atom stereocenters. The van der Waals surface area contributed by atoms with Crippen LogP contribution in [0.1, 0.15) is 0 Å². The van der Waals surface area contributed by atoms with E-state index in [9.17, 15) is 4.79 Å². The number of para-hydroxylation sites is 2. The number of ether oxygens (including phenoxy) is 3. The van der Waals surface area contributed by atoms with Gasteiger partial charge < -0.3 is 19.5 Å². The molecule has 2 aliphatic heterocycles. The van der Waals surface area contributed by atoms with Crippen LogP contribution in [-0.4, -0.2) is 62.9 Å². The summed E-state index contributed by atoms with van der Waals surface area (Å²) in [5.74, 6) is 1.18. The third-order valence-electron chi connectivity index (χ3n) is 3.63. The van der Waals surface area contributed by atoms with Gasteiger partial charge in [-0.25, -0.2) is 0 Å². The van der Waals surface area contributed by atoms with E-state index in [1.807, 2.05) is 24.3 Å². The lowest BCUT2D eigenvalue weighted by Gasteiger charge is -2.28. The maximum absolute atomic E-state index is 12.1. The monoisotopic (exact) mass is 292 g/mol. The second-order valence-electron chi connectivity index (χ2n) is 5.11. The molecule has 1 aromatic rings. The molecule has 2 aliphatic rings. The molecule has 0 radical (unpaired) electrons. The van der Waals surface area contributed by atoms with Crippen LogP contribution in [0.15, 0.2) is 24.3 Å². The molecule has 2 heterocycles. The number of hydrogen-bond donors (Lipinski definition) is 1. The number of amides is 1. The van der Waals surface area contributed by atoms with Gasteiger partial charge in [0.25, 0.3) is 5.91 Å². The number of carbonyl (C=O) groups is 1. The van der Waals surface area contributed by atoms with Gasteiger partial charge in [-0.3, -0.25) is 9.69 Å². The zero-order valence-corrected chi connectivity index (χ0v) is 11.9. The highest BCUT2D eigenvalue weighted by Crippen LogP contribution is 2.30. The Labute approximate surface area is 124 Å². The highest BCUT2D eigenvalue weighted by atomic mass is 16.6.